The van der Waals surface area contributed by atoms with Gasteiger partial charge in [0, 0.05) is 25.1 Å². The number of hydrogen-bond acceptors (Lipinski definition) is 7. The molecule has 0 spiro atoms. The first-order chi connectivity index (χ1) is 12.7. The van der Waals surface area contributed by atoms with Gasteiger partial charge in [0.2, 0.25) is 11.8 Å². The summed E-state index contributed by atoms with van der Waals surface area (Å²) in [6.45, 7) is -0.262. The quantitative estimate of drug-likeness (QED) is 0.260. The summed E-state index contributed by atoms with van der Waals surface area (Å²) in [5, 5.41) is 23.1. The molecule has 27 heavy (non-hydrogen) atoms. The van der Waals surface area contributed by atoms with Gasteiger partial charge in [0.25, 0.3) is 0 Å². The van der Waals surface area contributed by atoms with Crippen molar-refractivity contribution in [2.45, 2.75) is 18.5 Å². The van der Waals surface area contributed by atoms with Crippen molar-refractivity contribution in [3.63, 3.8) is 0 Å². The standard InChI is InChI=1S/C17H21N3O7/c1-27-15(23)7-6-14(22)19-9-12(18)16(24)20-13(17(25)26)8-10-2-4-11(21)5-3-10/h2-7,12-13,21H,8-9,18H2,1H3,(H,19,22)(H,20,24)(H,25,26)/b7-6-/t12-,13-/m0/s1. The Morgan fingerprint density at radius 2 is 1.81 bits per heavy atom. The van der Waals surface area contributed by atoms with Crippen molar-refractivity contribution in [2.75, 3.05) is 13.7 Å². The summed E-state index contributed by atoms with van der Waals surface area (Å²) in [6, 6.07) is 3.44. The monoisotopic (exact) mass is 379 g/mol. The number of nitrogens with one attached hydrogen (secondary N) is 2. The van der Waals surface area contributed by atoms with E-state index in [0.29, 0.717) is 5.56 Å². The van der Waals surface area contributed by atoms with Crippen LogP contribution in [0.3, 0.4) is 0 Å². The van der Waals surface area contributed by atoms with Crippen molar-refractivity contribution in [3.05, 3.63) is 42.0 Å². The number of carbonyl (C=O) groups is 4. The number of carbonyl (C=O) groups excluding carboxylic acids is 3. The van der Waals surface area contributed by atoms with Crippen LogP contribution in [0.5, 0.6) is 5.75 Å². The van der Waals surface area contributed by atoms with Crippen LogP contribution in [0, 0.1) is 0 Å². The van der Waals surface area contributed by atoms with Crippen LogP contribution in [0.15, 0.2) is 36.4 Å². The van der Waals surface area contributed by atoms with Gasteiger partial charge in [0.15, 0.2) is 0 Å². The molecule has 0 bridgehead atoms. The number of rotatable bonds is 9. The van der Waals surface area contributed by atoms with E-state index in [9.17, 15) is 29.4 Å². The number of phenols is 1. The van der Waals surface area contributed by atoms with E-state index in [0.717, 1.165) is 19.3 Å². The molecule has 1 aromatic carbocycles. The van der Waals surface area contributed by atoms with Gasteiger partial charge >= 0.3 is 11.9 Å². The molecule has 1 aromatic rings. The number of phenolic OH excluding ortho intramolecular Hbond substituents is 1. The highest BCUT2D eigenvalue weighted by Crippen LogP contribution is 2.11. The second-order valence-electron chi connectivity index (χ2n) is 5.48. The highest BCUT2D eigenvalue weighted by molar-refractivity contribution is 5.95. The highest BCUT2D eigenvalue weighted by Gasteiger charge is 2.23. The number of hydrogen-bond donors (Lipinski definition) is 5. The average molecular weight is 379 g/mol. The zero-order chi connectivity index (χ0) is 20.4. The molecule has 2 atom stereocenters. The van der Waals surface area contributed by atoms with Gasteiger partial charge in [-0.3, -0.25) is 9.59 Å². The molecule has 10 nitrogen and oxygen atoms in total. The molecule has 1 rings (SSSR count). The van der Waals surface area contributed by atoms with E-state index in [4.69, 9.17) is 5.73 Å². The van der Waals surface area contributed by atoms with Gasteiger partial charge in [-0.25, -0.2) is 9.59 Å². The SMILES string of the molecule is COC(=O)/C=C\C(=O)NC[C@H](N)C(=O)N[C@@H](Cc1ccc(O)cc1)C(=O)O. The van der Waals surface area contributed by atoms with Gasteiger partial charge in [0.1, 0.15) is 17.8 Å². The van der Waals surface area contributed by atoms with Crippen LogP contribution < -0.4 is 16.4 Å². The van der Waals surface area contributed by atoms with E-state index in [2.05, 4.69) is 15.4 Å². The molecule has 0 aliphatic carbocycles. The molecular formula is C17H21N3O7. The maximum atomic E-state index is 12.0. The maximum absolute atomic E-state index is 12.0. The Labute approximate surface area is 155 Å². The first-order valence-electron chi connectivity index (χ1n) is 7.83. The normalized spacial score (nSPS) is 12.8. The molecule has 0 aliphatic rings. The average Bonchev–Trinajstić information content (AvgIpc) is 2.64. The fourth-order valence-electron chi connectivity index (χ4n) is 1.92. The van der Waals surface area contributed by atoms with E-state index in [1.807, 2.05) is 0 Å². The minimum Gasteiger partial charge on any atom is -0.508 e. The summed E-state index contributed by atoms with van der Waals surface area (Å²) in [7, 11) is 1.15. The van der Waals surface area contributed by atoms with Crippen LogP contribution >= 0.6 is 0 Å². The predicted octanol–water partition coefficient (Wildman–Crippen LogP) is -1.32. The zero-order valence-corrected chi connectivity index (χ0v) is 14.5. The van der Waals surface area contributed by atoms with Crippen LogP contribution in [0.1, 0.15) is 5.56 Å². The van der Waals surface area contributed by atoms with Crippen molar-refractivity contribution in [2.24, 2.45) is 5.73 Å². The molecule has 0 saturated heterocycles. The second-order valence-corrected chi connectivity index (χ2v) is 5.48. The Balaban J connectivity index is 2.56. The minimum absolute atomic E-state index is 0.0116. The number of aliphatic carboxylic acids is 1. The van der Waals surface area contributed by atoms with E-state index in [-0.39, 0.29) is 18.7 Å². The van der Waals surface area contributed by atoms with Gasteiger partial charge in [-0.2, -0.15) is 0 Å². The van der Waals surface area contributed by atoms with Crippen molar-refractivity contribution >= 4 is 23.8 Å². The summed E-state index contributed by atoms with van der Waals surface area (Å²) < 4.78 is 4.32. The first-order valence-corrected chi connectivity index (χ1v) is 7.83. The smallest absolute Gasteiger partial charge is 0.330 e. The second kappa shape index (κ2) is 10.6. The van der Waals surface area contributed by atoms with Crippen LogP contribution in [-0.2, 0) is 30.3 Å². The summed E-state index contributed by atoms with van der Waals surface area (Å²) in [5.74, 6) is -3.37. The van der Waals surface area contributed by atoms with Gasteiger partial charge < -0.3 is 31.3 Å². The Hall–Kier alpha value is -3.40. The number of aromatic hydroxyl groups is 1. The molecule has 0 aliphatic heterocycles. The summed E-state index contributed by atoms with van der Waals surface area (Å²) in [6.07, 6.45) is 1.81. The molecule has 0 aromatic heterocycles. The molecule has 0 heterocycles. The third-order valence-electron chi connectivity index (χ3n) is 3.40. The lowest BCUT2D eigenvalue weighted by molar-refractivity contribution is -0.142. The first kappa shape index (κ1) is 21.6. The number of benzene rings is 1. The number of esters is 1. The van der Waals surface area contributed by atoms with Crippen LogP contribution in [0.25, 0.3) is 0 Å². The Bertz CT molecular complexity index is 716. The third-order valence-corrected chi connectivity index (χ3v) is 3.40. The molecule has 0 saturated carbocycles. The van der Waals surface area contributed by atoms with E-state index >= 15 is 0 Å². The van der Waals surface area contributed by atoms with E-state index in [1.54, 1.807) is 0 Å². The molecule has 0 fully saturated rings. The van der Waals surface area contributed by atoms with E-state index in [1.165, 1.54) is 24.3 Å². The fourth-order valence-corrected chi connectivity index (χ4v) is 1.92. The topological polar surface area (TPSA) is 168 Å². The zero-order valence-electron chi connectivity index (χ0n) is 14.5. The lowest BCUT2D eigenvalue weighted by Gasteiger charge is -2.18. The van der Waals surface area contributed by atoms with Crippen LogP contribution in [0.4, 0.5) is 0 Å². The van der Waals surface area contributed by atoms with E-state index < -0.39 is 35.8 Å². The lowest BCUT2D eigenvalue weighted by Crippen LogP contribution is -2.52. The molecule has 10 heteroatoms. The van der Waals surface area contributed by atoms with Crippen molar-refractivity contribution < 1.29 is 34.1 Å². The molecule has 0 unspecified atom stereocenters. The lowest BCUT2D eigenvalue weighted by atomic mass is 10.1. The fraction of sp³-hybridized carbons (Fsp3) is 0.294. The third kappa shape index (κ3) is 8.01. The van der Waals surface area contributed by atoms with Crippen molar-refractivity contribution in [3.8, 4) is 5.75 Å². The number of nitrogens with two attached hydrogens (primary N) is 1. The molecule has 0 radical (unpaired) electrons. The van der Waals surface area contributed by atoms with Crippen LogP contribution in [-0.4, -0.2) is 59.7 Å². The largest absolute Gasteiger partial charge is 0.508 e. The maximum Gasteiger partial charge on any atom is 0.330 e. The van der Waals surface area contributed by atoms with Crippen molar-refractivity contribution in [1.82, 2.24) is 10.6 Å². The number of carboxylic acids is 1. The Morgan fingerprint density at radius 1 is 1.19 bits per heavy atom. The van der Waals surface area contributed by atoms with Crippen LogP contribution in [0.2, 0.25) is 0 Å². The number of methoxy groups -OCH3 is 1. The summed E-state index contributed by atoms with van der Waals surface area (Å²) in [5.41, 5.74) is 6.23. The van der Waals surface area contributed by atoms with Gasteiger partial charge in [-0.15, -0.1) is 0 Å². The summed E-state index contributed by atoms with van der Waals surface area (Å²) in [4.78, 5) is 45.7. The predicted molar refractivity (Wildman–Crippen MR) is 93.5 cm³/mol. The Kier molecular flexibility index (Phi) is 8.46. The minimum atomic E-state index is -1.26. The molecular weight excluding hydrogens is 358 g/mol. The number of carboxylic acid groups (broad SMARTS) is 1. The molecule has 6 N–H and O–H groups in total. The van der Waals surface area contributed by atoms with Gasteiger partial charge in [-0.1, -0.05) is 12.1 Å². The molecule has 2 amide bonds. The van der Waals surface area contributed by atoms with Gasteiger partial charge in [0.05, 0.1) is 7.11 Å². The van der Waals surface area contributed by atoms with Crippen molar-refractivity contribution in [1.29, 1.82) is 0 Å². The Morgan fingerprint density at radius 3 is 2.37 bits per heavy atom. The molecule has 146 valence electrons. The number of amides is 2. The number of ether oxygens (including phenoxy) is 1. The highest BCUT2D eigenvalue weighted by atomic mass is 16.5. The van der Waals surface area contributed by atoms with Gasteiger partial charge in [-0.05, 0) is 17.7 Å². The summed E-state index contributed by atoms with van der Waals surface area (Å²) >= 11 is 0.